The first-order chi connectivity index (χ1) is 20.4. The summed E-state index contributed by atoms with van der Waals surface area (Å²) in [7, 11) is 2.92. The van der Waals surface area contributed by atoms with E-state index in [4.69, 9.17) is 28.4 Å². The Bertz CT molecular complexity index is 1300. The van der Waals surface area contributed by atoms with E-state index >= 15 is 0 Å². The molecule has 2 saturated heterocycles. The zero-order chi connectivity index (χ0) is 31.2. The number of hydrogen-bond donors (Lipinski definition) is 7. The second-order valence-electron chi connectivity index (χ2n) is 10.8. The highest BCUT2D eigenvalue weighted by atomic mass is 16.7. The number of rotatable bonds is 7. The fourth-order valence-corrected chi connectivity index (χ4v) is 5.73. The summed E-state index contributed by atoms with van der Waals surface area (Å²) in [6, 6.07) is 9.27. The zero-order valence-electron chi connectivity index (χ0n) is 23.6. The molecule has 236 valence electrons. The van der Waals surface area contributed by atoms with Gasteiger partial charge in [-0.3, -0.25) is 4.79 Å². The van der Waals surface area contributed by atoms with Crippen LogP contribution in [0.1, 0.15) is 35.4 Å². The van der Waals surface area contributed by atoms with Gasteiger partial charge >= 0.3 is 0 Å². The molecule has 2 fully saturated rings. The molecule has 0 amide bonds. The quantitative estimate of drug-likeness (QED) is 0.197. The number of carbonyl (C=O) groups excluding carboxylic acids is 1. The lowest BCUT2D eigenvalue weighted by atomic mass is 9.83. The fraction of sp³-hybridized carbons (Fsp3) is 0.552. The summed E-state index contributed by atoms with van der Waals surface area (Å²) >= 11 is 0. The minimum Gasteiger partial charge on any atom is -0.496 e. The van der Waals surface area contributed by atoms with Gasteiger partial charge in [0.2, 0.25) is 0 Å². The Labute approximate surface area is 246 Å². The van der Waals surface area contributed by atoms with Gasteiger partial charge in [0, 0.05) is 12.1 Å². The second-order valence-corrected chi connectivity index (χ2v) is 10.8. The van der Waals surface area contributed by atoms with E-state index in [1.54, 1.807) is 24.3 Å². The van der Waals surface area contributed by atoms with E-state index in [2.05, 4.69) is 0 Å². The largest absolute Gasteiger partial charge is 0.496 e. The van der Waals surface area contributed by atoms with Crippen LogP contribution >= 0.6 is 0 Å². The van der Waals surface area contributed by atoms with Gasteiger partial charge in [-0.1, -0.05) is 12.1 Å². The number of aliphatic hydroxyl groups is 7. The molecule has 0 aromatic heterocycles. The van der Waals surface area contributed by atoms with Crippen LogP contribution in [0.5, 0.6) is 23.0 Å². The number of Topliss-reactive ketones (excluding diaryl/α,β-unsaturated/α-hetero) is 1. The molecule has 5 rings (SSSR count). The molecule has 0 aliphatic carbocycles. The average molecular weight is 609 g/mol. The van der Waals surface area contributed by atoms with E-state index in [9.17, 15) is 40.5 Å². The summed E-state index contributed by atoms with van der Waals surface area (Å²) in [5.41, 5.74) is 0.883. The summed E-state index contributed by atoms with van der Waals surface area (Å²) in [5.74, 6) is -1.59. The molecule has 0 radical (unpaired) electrons. The third-order valence-electron chi connectivity index (χ3n) is 8.17. The maximum atomic E-state index is 13.0. The lowest BCUT2D eigenvalue weighted by Crippen LogP contribution is -2.76. The van der Waals surface area contributed by atoms with E-state index < -0.39 is 73.4 Å². The van der Waals surface area contributed by atoms with Gasteiger partial charge in [-0.2, -0.15) is 0 Å². The predicted molar refractivity (Wildman–Crippen MR) is 144 cm³/mol. The Morgan fingerprint density at radius 1 is 0.884 bits per heavy atom. The van der Waals surface area contributed by atoms with Gasteiger partial charge in [-0.15, -0.1) is 0 Å². The minimum absolute atomic E-state index is 0.00409. The zero-order valence-corrected chi connectivity index (χ0v) is 23.6. The van der Waals surface area contributed by atoms with Crippen LogP contribution in [-0.2, 0) is 9.47 Å². The number of ether oxygens (including phenoxy) is 6. The summed E-state index contributed by atoms with van der Waals surface area (Å²) in [6.07, 6.45) is -15.8. The SMILES string of the molecule is COc1cc(OC)c2c(c1)O[C@H](c1ccc(O[C@@]3([C@H]4O[C@H](C)[C@H](O)[C@@H](O)[C@@H]4O)O[C@@H](CO)[C@@H](O)[C@H](O)[C@@H]3O)cc1)CC2=O. The van der Waals surface area contributed by atoms with Crippen LogP contribution in [0, 0.1) is 0 Å². The van der Waals surface area contributed by atoms with Crippen molar-refractivity contribution in [2.75, 3.05) is 20.8 Å². The lowest BCUT2D eigenvalue weighted by molar-refractivity contribution is -0.394. The van der Waals surface area contributed by atoms with Crippen LogP contribution in [0.3, 0.4) is 0 Å². The third kappa shape index (κ3) is 5.43. The number of ketones is 1. The Morgan fingerprint density at radius 3 is 2.21 bits per heavy atom. The summed E-state index contributed by atoms with van der Waals surface area (Å²) in [6.45, 7) is 0.608. The van der Waals surface area contributed by atoms with Gasteiger partial charge in [-0.05, 0) is 24.6 Å². The molecular formula is C29H36O14. The molecule has 14 heteroatoms. The smallest absolute Gasteiger partial charge is 0.268 e. The topological polar surface area (TPSA) is 214 Å². The Morgan fingerprint density at radius 2 is 1.58 bits per heavy atom. The van der Waals surface area contributed by atoms with Crippen LogP contribution in [0.2, 0.25) is 0 Å². The van der Waals surface area contributed by atoms with E-state index in [1.165, 1.54) is 33.3 Å². The maximum absolute atomic E-state index is 13.0. The number of carbonyl (C=O) groups is 1. The highest BCUT2D eigenvalue weighted by molar-refractivity contribution is 6.02. The standard InChI is InChI=1S/C29H36O14/c1-12-22(32)24(34)26(36)28(40-12)29(27(37)25(35)23(33)20(11-30)43-29)42-14-6-4-13(5-7-14)17-10-16(31)21-18(39-3)8-15(38-2)9-19(21)41-17/h4-9,12,17,20,22-28,30,32-37H,10-11H2,1-3H3/t12-,17+,20+,22+,23-,24-,25+,26+,27+,28+,29-/m1/s1. The van der Waals surface area contributed by atoms with Crippen molar-refractivity contribution in [2.24, 2.45) is 0 Å². The van der Waals surface area contributed by atoms with Crippen molar-refractivity contribution < 1.29 is 69.0 Å². The van der Waals surface area contributed by atoms with Gasteiger partial charge in [0.05, 0.1) is 33.4 Å². The van der Waals surface area contributed by atoms with Crippen molar-refractivity contribution in [1.29, 1.82) is 0 Å². The number of hydrogen-bond acceptors (Lipinski definition) is 14. The first-order valence-corrected chi connectivity index (χ1v) is 13.7. The van der Waals surface area contributed by atoms with Gasteiger partial charge in [0.15, 0.2) is 18.0 Å². The third-order valence-corrected chi connectivity index (χ3v) is 8.17. The molecule has 14 nitrogen and oxygen atoms in total. The summed E-state index contributed by atoms with van der Waals surface area (Å²) < 4.78 is 34.3. The van der Waals surface area contributed by atoms with Crippen molar-refractivity contribution in [3.8, 4) is 23.0 Å². The molecule has 0 unspecified atom stereocenters. The fourth-order valence-electron chi connectivity index (χ4n) is 5.73. The second kappa shape index (κ2) is 12.1. The van der Waals surface area contributed by atoms with Crippen LogP contribution in [0.25, 0.3) is 0 Å². The van der Waals surface area contributed by atoms with Crippen LogP contribution in [0.15, 0.2) is 36.4 Å². The molecule has 3 heterocycles. The summed E-state index contributed by atoms with van der Waals surface area (Å²) in [5, 5.41) is 73.5. The van der Waals surface area contributed by atoms with Crippen molar-refractivity contribution in [1.82, 2.24) is 0 Å². The van der Waals surface area contributed by atoms with Crippen molar-refractivity contribution in [3.05, 3.63) is 47.5 Å². The van der Waals surface area contributed by atoms with Crippen LogP contribution in [0.4, 0.5) is 0 Å². The van der Waals surface area contributed by atoms with E-state index in [-0.39, 0.29) is 23.7 Å². The molecule has 0 spiro atoms. The van der Waals surface area contributed by atoms with Crippen LogP contribution in [-0.4, -0.2) is 123 Å². The first-order valence-electron chi connectivity index (χ1n) is 13.7. The number of methoxy groups -OCH3 is 2. The average Bonchev–Trinajstić information content (AvgIpc) is 3.01. The number of aliphatic hydroxyl groups excluding tert-OH is 7. The normalized spacial score (nSPS) is 37.7. The van der Waals surface area contributed by atoms with Gasteiger partial charge in [0.25, 0.3) is 5.79 Å². The Hall–Kier alpha value is -3.05. The van der Waals surface area contributed by atoms with E-state index in [1.807, 2.05) is 0 Å². The van der Waals surface area contributed by atoms with Crippen LogP contribution < -0.4 is 18.9 Å². The van der Waals surface area contributed by atoms with Crippen molar-refractivity contribution in [3.63, 3.8) is 0 Å². The number of fused-ring (bicyclic) bond motifs is 1. The van der Waals surface area contributed by atoms with E-state index in [0.717, 1.165) is 0 Å². The van der Waals surface area contributed by atoms with Crippen molar-refractivity contribution in [2.45, 2.75) is 80.2 Å². The number of benzene rings is 2. The highest BCUT2D eigenvalue weighted by Crippen LogP contribution is 2.44. The Kier molecular flexibility index (Phi) is 8.87. The van der Waals surface area contributed by atoms with E-state index in [0.29, 0.717) is 22.6 Å². The van der Waals surface area contributed by atoms with Crippen molar-refractivity contribution >= 4 is 5.78 Å². The molecule has 0 saturated carbocycles. The van der Waals surface area contributed by atoms with Gasteiger partial charge < -0.3 is 64.2 Å². The molecule has 3 aliphatic heterocycles. The summed E-state index contributed by atoms with van der Waals surface area (Å²) in [4.78, 5) is 13.0. The molecule has 7 N–H and O–H groups in total. The molecule has 2 aromatic rings. The lowest BCUT2D eigenvalue weighted by Gasteiger charge is -2.54. The van der Waals surface area contributed by atoms with Gasteiger partial charge in [-0.25, -0.2) is 0 Å². The maximum Gasteiger partial charge on any atom is 0.268 e. The minimum atomic E-state index is -2.47. The predicted octanol–water partition coefficient (Wildman–Crippen LogP) is -1.17. The molecule has 0 bridgehead atoms. The first kappa shape index (κ1) is 31.4. The molecule has 3 aliphatic rings. The molecular weight excluding hydrogens is 572 g/mol. The monoisotopic (exact) mass is 608 g/mol. The van der Waals surface area contributed by atoms with Gasteiger partial charge in [0.1, 0.15) is 71.3 Å². The molecule has 11 atom stereocenters. The highest BCUT2D eigenvalue weighted by Gasteiger charge is 2.64. The molecule has 43 heavy (non-hydrogen) atoms. The molecule has 2 aromatic carbocycles. The Balaban J connectivity index is 1.46.